The van der Waals surface area contributed by atoms with E-state index < -0.39 is 0 Å². The van der Waals surface area contributed by atoms with E-state index in [4.69, 9.17) is 5.73 Å². The average molecular weight is 412 g/mol. The lowest BCUT2D eigenvalue weighted by atomic mass is 9.89. The largest absolute Gasteiger partial charge is 0.383 e. The molecular formula is C24H24N6O. The molecule has 1 unspecified atom stereocenters. The van der Waals surface area contributed by atoms with Crippen molar-refractivity contribution in [3.63, 3.8) is 0 Å². The highest BCUT2D eigenvalue weighted by Crippen LogP contribution is 2.33. The van der Waals surface area contributed by atoms with E-state index in [9.17, 15) is 4.79 Å². The zero-order chi connectivity index (χ0) is 21.7. The Bertz CT molecular complexity index is 1330. The van der Waals surface area contributed by atoms with Gasteiger partial charge in [-0.1, -0.05) is 36.4 Å². The van der Waals surface area contributed by atoms with Gasteiger partial charge in [-0.2, -0.15) is 5.10 Å². The Morgan fingerprint density at radius 1 is 1.03 bits per heavy atom. The second kappa shape index (κ2) is 7.19. The first-order valence-electron chi connectivity index (χ1n) is 10.4. The Morgan fingerprint density at radius 3 is 2.61 bits per heavy atom. The highest BCUT2D eigenvalue weighted by atomic mass is 16.2. The molecule has 31 heavy (non-hydrogen) atoms. The van der Waals surface area contributed by atoms with E-state index in [2.05, 4.69) is 21.1 Å². The average Bonchev–Trinajstić information content (AvgIpc) is 3.05. The van der Waals surface area contributed by atoms with Crippen molar-refractivity contribution in [1.29, 1.82) is 0 Å². The van der Waals surface area contributed by atoms with Crippen molar-refractivity contribution in [2.45, 2.75) is 39.8 Å². The molecule has 1 atom stereocenters. The van der Waals surface area contributed by atoms with E-state index in [0.717, 1.165) is 45.4 Å². The quantitative estimate of drug-likeness (QED) is 0.555. The van der Waals surface area contributed by atoms with Crippen molar-refractivity contribution in [3.8, 4) is 0 Å². The highest BCUT2D eigenvalue weighted by molar-refractivity contribution is 6.10. The zero-order valence-corrected chi connectivity index (χ0v) is 17.8. The molecule has 0 bridgehead atoms. The summed E-state index contributed by atoms with van der Waals surface area (Å²) < 4.78 is 1.85. The van der Waals surface area contributed by atoms with Gasteiger partial charge >= 0.3 is 0 Å². The number of carbonyl (C=O) groups excluding carboxylic acids is 1. The smallest absolute Gasteiger partial charge is 0.259 e. The second-order valence-corrected chi connectivity index (χ2v) is 8.15. The molecule has 2 aromatic carbocycles. The van der Waals surface area contributed by atoms with E-state index in [0.29, 0.717) is 18.0 Å². The number of nitrogens with zero attached hydrogens (tertiary/aromatic N) is 5. The number of hydrogen-bond donors (Lipinski definition) is 1. The van der Waals surface area contributed by atoms with Crippen LogP contribution in [0.3, 0.4) is 0 Å². The van der Waals surface area contributed by atoms with Gasteiger partial charge in [-0.15, -0.1) is 0 Å². The van der Waals surface area contributed by atoms with Gasteiger partial charge in [-0.05, 0) is 49.9 Å². The minimum absolute atomic E-state index is 0.0287. The van der Waals surface area contributed by atoms with Gasteiger partial charge in [0.15, 0.2) is 5.65 Å². The molecule has 0 fully saturated rings. The maximum absolute atomic E-state index is 13.8. The third kappa shape index (κ3) is 3.04. The van der Waals surface area contributed by atoms with Gasteiger partial charge in [0.25, 0.3) is 5.91 Å². The Kier molecular flexibility index (Phi) is 4.46. The van der Waals surface area contributed by atoms with Gasteiger partial charge in [0.1, 0.15) is 12.1 Å². The summed E-state index contributed by atoms with van der Waals surface area (Å²) in [5.74, 6) is 0.450. The first-order valence-corrected chi connectivity index (χ1v) is 10.4. The number of aromatic nitrogens is 4. The summed E-state index contributed by atoms with van der Waals surface area (Å²) in [6, 6.07) is 14.0. The molecule has 7 nitrogen and oxygen atoms in total. The molecular weight excluding hydrogens is 388 g/mol. The number of rotatable bonds is 3. The molecule has 156 valence electrons. The molecule has 1 aliphatic heterocycles. The van der Waals surface area contributed by atoms with Crippen LogP contribution in [0.2, 0.25) is 0 Å². The summed E-state index contributed by atoms with van der Waals surface area (Å²) >= 11 is 0. The first kappa shape index (κ1) is 19.2. The van der Waals surface area contributed by atoms with E-state index in [1.165, 1.54) is 6.33 Å². The van der Waals surface area contributed by atoms with Crippen molar-refractivity contribution in [2.24, 2.45) is 0 Å². The minimum Gasteiger partial charge on any atom is -0.383 e. The molecule has 0 spiro atoms. The number of hydrogen-bond acceptors (Lipinski definition) is 5. The van der Waals surface area contributed by atoms with E-state index >= 15 is 0 Å². The monoisotopic (exact) mass is 412 g/mol. The van der Waals surface area contributed by atoms with Gasteiger partial charge in [-0.25, -0.2) is 14.6 Å². The van der Waals surface area contributed by atoms with Crippen LogP contribution < -0.4 is 10.6 Å². The van der Waals surface area contributed by atoms with Crippen molar-refractivity contribution in [3.05, 3.63) is 76.7 Å². The molecule has 0 aliphatic carbocycles. The van der Waals surface area contributed by atoms with Gasteiger partial charge in [0, 0.05) is 11.3 Å². The van der Waals surface area contributed by atoms with Crippen molar-refractivity contribution in [1.82, 2.24) is 19.7 Å². The third-order valence-corrected chi connectivity index (χ3v) is 6.10. The molecule has 5 rings (SSSR count). The topological polar surface area (TPSA) is 89.9 Å². The maximum Gasteiger partial charge on any atom is 0.259 e. The minimum atomic E-state index is -0.110. The number of para-hydroxylation sites is 1. The molecule has 0 saturated carbocycles. The van der Waals surface area contributed by atoms with Crippen LogP contribution in [0.25, 0.3) is 11.0 Å². The van der Waals surface area contributed by atoms with Crippen LogP contribution in [-0.4, -0.2) is 31.7 Å². The highest BCUT2D eigenvalue weighted by Gasteiger charge is 2.35. The number of benzene rings is 2. The molecule has 0 radical (unpaired) electrons. The molecule has 4 aromatic rings. The summed E-state index contributed by atoms with van der Waals surface area (Å²) in [6.07, 6.45) is 2.19. The molecule has 3 heterocycles. The fourth-order valence-electron chi connectivity index (χ4n) is 4.66. The van der Waals surface area contributed by atoms with E-state index in [-0.39, 0.29) is 11.9 Å². The number of carbonyl (C=O) groups is 1. The lowest BCUT2D eigenvalue weighted by Crippen LogP contribution is -2.48. The lowest BCUT2D eigenvalue weighted by Gasteiger charge is -2.38. The normalized spacial score (nSPS) is 16.0. The summed E-state index contributed by atoms with van der Waals surface area (Å²) in [4.78, 5) is 24.2. The third-order valence-electron chi connectivity index (χ3n) is 6.10. The number of aryl methyl sites for hydroxylation is 3. The Balaban J connectivity index is 1.65. The Morgan fingerprint density at radius 2 is 1.81 bits per heavy atom. The predicted octanol–water partition coefficient (Wildman–Crippen LogP) is 3.61. The molecule has 2 aromatic heterocycles. The van der Waals surface area contributed by atoms with Gasteiger partial charge < -0.3 is 10.6 Å². The SMILES string of the molecule is Cc1ccccc1N1C(=O)c2c(C)cccc2CC1Cn1nc(C)c2c(N)ncnc21. The maximum atomic E-state index is 13.8. The number of nitrogen functional groups attached to an aromatic ring is 1. The number of anilines is 2. The number of amides is 1. The molecule has 1 amide bonds. The Labute approximate surface area is 180 Å². The van der Waals surface area contributed by atoms with E-state index in [1.807, 2.05) is 66.8 Å². The summed E-state index contributed by atoms with van der Waals surface area (Å²) in [5, 5.41) is 5.46. The molecule has 2 N–H and O–H groups in total. The fraction of sp³-hybridized carbons (Fsp3) is 0.250. The molecule has 0 saturated heterocycles. The molecule has 7 heteroatoms. The van der Waals surface area contributed by atoms with Gasteiger partial charge in [0.05, 0.1) is 23.7 Å². The standard InChI is InChI=1S/C24H24N6O/c1-14-7-4-5-10-19(14)30-18(11-17-9-6-8-15(2)20(17)24(30)31)12-29-23-21(16(3)28-29)22(25)26-13-27-23/h4-10,13,18H,11-12H2,1-3H3,(H2,25,26,27). The van der Waals surface area contributed by atoms with Crippen LogP contribution in [0.15, 0.2) is 48.8 Å². The molecule has 1 aliphatic rings. The lowest BCUT2D eigenvalue weighted by molar-refractivity contribution is 0.0963. The number of nitrogens with two attached hydrogens (primary N) is 1. The van der Waals surface area contributed by atoms with Gasteiger partial charge in [0.2, 0.25) is 0 Å². The zero-order valence-electron chi connectivity index (χ0n) is 17.8. The van der Waals surface area contributed by atoms with Crippen LogP contribution in [0.4, 0.5) is 11.5 Å². The van der Waals surface area contributed by atoms with Crippen molar-refractivity contribution in [2.75, 3.05) is 10.6 Å². The van der Waals surface area contributed by atoms with Crippen LogP contribution in [0.1, 0.15) is 32.7 Å². The van der Waals surface area contributed by atoms with Crippen molar-refractivity contribution < 1.29 is 4.79 Å². The number of fused-ring (bicyclic) bond motifs is 2. The van der Waals surface area contributed by atoms with Gasteiger partial charge in [-0.3, -0.25) is 4.79 Å². The van der Waals surface area contributed by atoms with E-state index in [1.54, 1.807) is 0 Å². The second-order valence-electron chi connectivity index (χ2n) is 8.15. The van der Waals surface area contributed by atoms with Crippen LogP contribution in [-0.2, 0) is 13.0 Å². The summed E-state index contributed by atoms with van der Waals surface area (Å²) in [7, 11) is 0. The fourth-order valence-corrected chi connectivity index (χ4v) is 4.66. The summed E-state index contributed by atoms with van der Waals surface area (Å²) in [5.41, 5.74) is 12.4. The van der Waals surface area contributed by atoms with Crippen LogP contribution >= 0.6 is 0 Å². The van der Waals surface area contributed by atoms with Crippen LogP contribution in [0, 0.1) is 20.8 Å². The van der Waals surface area contributed by atoms with Crippen LogP contribution in [0.5, 0.6) is 0 Å². The first-order chi connectivity index (χ1) is 15.0. The summed E-state index contributed by atoms with van der Waals surface area (Å²) in [6.45, 7) is 6.45. The Hall–Kier alpha value is -3.74. The van der Waals surface area contributed by atoms with Crippen molar-refractivity contribution >= 4 is 28.4 Å². The predicted molar refractivity (Wildman–Crippen MR) is 121 cm³/mol.